The van der Waals surface area contributed by atoms with Crippen LogP contribution in [0.15, 0.2) is 11.0 Å². The van der Waals surface area contributed by atoms with E-state index in [0.29, 0.717) is 16.8 Å². The molecule has 0 spiro atoms. The number of hydrogen-bond acceptors (Lipinski definition) is 8. The third kappa shape index (κ3) is 2.08. The fourth-order valence-corrected chi connectivity index (χ4v) is 3.26. The molecule has 4 N–H and O–H groups in total. The average Bonchev–Trinajstić information content (AvgIpc) is 2.97. The second-order valence-corrected chi connectivity index (χ2v) is 5.64. The Balaban J connectivity index is 2.04. The smallest absolute Gasteiger partial charge is 0.311 e. The number of anilines is 1. The molecule has 8 nitrogen and oxygen atoms in total. The molecule has 0 aliphatic carbocycles. The minimum Gasteiger partial charge on any atom is -0.396 e. The first-order chi connectivity index (χ1) is 9.63. The highest BCUT2D eigenvalue weighted by Gasteiger charge is 2.37. The molecule has 20 heavy (non-hydrogen) atoms. The van der Waals surface area contributed by atoms with E-state index in [1.807, 2.05) is 0 Å². The van der Waals surface area contributed by atoms with Crippen molar-refractivity contribution in [1.82, 2.24) is 14.5 Å². The maximum absolute atomic E-state index is 12.1. The van der Waals surface area contributed by atoms with Crippen LogP contribution in [-0.2, 0) is 4.74 Å². The van der Waals surface area contributed by atoms with Crippen LogP contribution >= 0.6 is 11.3 Å². The quantitative estimate of drug-likeness (QED) is 0.686. The van der Waals surface area contributed by atoms with Gasteiger partial charge in [0.15, 0.2) is 5.65 Å². The second-order valence-electron chi connectivity index (χ2n) is 4.64. The minimum atomic E-state index is -0.556. The number of aromatic nitrogens is 3. The second kappa shape index (κ2) is 5.09. The van der Waals surface area contributed by atoms with Crippen molar-refractivity contribution in [2.75, 3.05) is 18.9 Å². The maximum atomic E-state index is 12.1. The molecule has 0 amide bonds. The van der Waals surface area contributed by atoms with Crippen molar-refractivity contribution >= 4 is 27.6 Å². The Bertz CT molecular complexity index is 673. The van der Waals surface area contributed by atoms with Crippen LogP contribution in [0.3, 0.4) is 0 Å². The van der Waals surface area contributed by atoms with E-state index < -0.39 is 12.3 Å². The average molecular weight is 298 g/mol. The first kappa shape index (κ1) is 13.4. The normalized spacial score (nSPS) is 26.4. The number of thiazole rings is 1. The van der Waals surface area contributed by atoms with Gasteiger partial charge in [-0.2, -0.15) is 4.98 Å². The third-order valence-corrected chi connectivity index (χ3v) is 4.32. The Kier molecular flexibility index (Phi) is 3.42. The number of fused-ring (bicyclic) bond motifs is 1. The van der Waals surface area contributed by atoms with Crippen molar-refractivity contribution in [3.05, 3.63) is 15.9 Å². The number of aliphatic hydroxyl groups excluding tert-OH is 2. The number of nitrogens with zero attached hydrogens (tertiary/aromatic N) is 3. The topological polar surface area (TPSA) is 123 Å². The Hall–Kier alpha value is -1.55. The van der Waals surface area contributed by atoms with Gasteiger partial charge in [-0.15, -0.1) is 0 Å². The van der Waals surface area contributed by atoms with E-state index in [1.54, 1.807) is 0 Å². The lowest BCUT2D eigenvalue weighted by molar-refractivity contribution is -0.0340. The first-order valence-corrected chi connectivity index (χ1v) is 6.96. The van der Waals surface area contributed by atoms with Gasteiger partial charge in [0.05, 0.1) is 23.6 Å². The number of nitrogens with two attached hydrogens (primary N) is 1. The van der Waals surface area contributed by atoms with E-state index in [-0.39, 0.29) is 30.0 Å². The lowest BCUT2D eigenvalue weighted by Gasteiger charge is -2.13. The molecule has 1 aliphatic heterocycles. The monoisotopic (exact) mass is 298 g/mol. The lowest BCUT2D eigenvalue weighted by atomic mass is 10.0. The summed E-state index contributed by atoms with van der Waals surface area (Å²) in [6.07, 6.45) is 0.908. The summed E-state index contributed by atoms with van der Waals surface area (Å²) in [6.45, 7) is -0.300. The summed E-state index contributed by atoms with van der Waals surface area (Å²) >= 11 is 1.01. The molecule has 3 heterocycles. The number of aliphatic hydroxyl groups is 2. The fraction of sp³-hybridized carbons (Fsp3) is 0.545. The van der Waals surface area contributed by atoms with Crippen molar-refractivity contribution in [3.63, 3.8) is 0 Å². The van der Waals surface area contributed by atoms with E-state index in [1.165, 1.54) is 10.8 Å². The van der Waals surface area contributed by atoms with Gasteiger partial charge in [0.1, 0.15) is 6.23 Å². The van der Waals surface area contributed by atoms with Crippen LogP contribution in [0.4, 0.5) is 5.95 Å². The molecule has 0 aromatic carbocycles. The van der Waals surface area contributed by atoms with E-state index in [0.717, 1.165) is 11.3 Å². The molecular formula is C11H14N4O4S. The van der Waals surface area contributed by atoms with E-state index >= 15 is 0 Å². The van der Waals surface area contributed by atoms with Gasteiger partial charge < -0.3 is 20.7 Å². The van der Waals surface area contributed by atoms with Crippen LogP contribution in [0.25, 0.3) is 10.3 Å². The van der Waals surface area contributed by atoms with Crippen LogP contribution in [0.1, 0.15) is 12.6 Å². The highest BCUT2D eigenvalue weighted by molar-refractivity contribution is 7.16. The molecular weight excluding hydrogens is 284 g/mol. The van der Waals surface area contributed by atoms with Crippen molar-refractivity contribution in [1.29, 1.82) is 0 Å². The molecule has 9 heteroatoms. The van der Waals surface area contributed by atoms with E-state index in [4.69, 9.17) is 10.5 Å². The number of ether oxygens (including phenoxy) is 1. The fourth-order valence-electron chi connectivity index (χ4n) is 2.43. The molecule has 108 valence electrons. The zero-order valence-electron chi connectivity index (χ0n) is 10.5. The summed E-state index contributed by atoms with van der Waals surface area (Å²) in [5.74, 6) is -0.120. The van der Waals surface area contributed by atoms with Crippen LogP contribution in [-0.4, -0.2) is 44.1 Å². The van der Waals surface area contributed by atoms with E-state index in [9.17, 15) is 15.0 Å². The summed E-state index contributed by atoms with van der Waals surface area (Å²) in [5.41, 5.74) is 5.98. The molecule has 2 aromatic rings. The molecule has 2 aromatic heterocycles. The van der Waals surface area contributed by atoms with Crippen LogP contribution < -0.4 is 10.6 Å². The van der Waals surface area contributed by atoms with Gasteiger partial charge >= 0.3 is 4.87 Å². The van der Waals surface area contributed by atoms with Crippen molar-refractivity contribution in [2.24, 2.45) is 5.92 Å². The van der Waals surface area contributed by atoms with Crippen LogP contribution in [0.5, 0.6) is 0 Å². The Morgan fingerprint density at radius 3 is 2.95 bits per heavy atom. The molecule has 0 saturated carbocycles. The van der Waals surface area contributed by atoms with Gasteiger partial charge in [-0.25, -0.2) is 4.98 Å². The zero-order chi connectivity index (χ0) is 14.3. The zero-order valence-corrected chi connectivity index (χ0v) is 11.3. The molecule has 3 atom stereocenters. The van der Waals surface area contributed by atoms with Gasteiger partial charge in [0.25, 0.3) is 0 Å². The summed E-state index contributed by atoms with van der Waals surface area (Å²) in [6, 6.07) is 0. The highest BCUT2D eigenvalue weighted by Crippen LogP contribution is 2.34. The molecule has 1 unspecified atom stereocenters. The van der Waals surface area contributed by atoms with Crippen LogP contribution in [0.2, 0.25) is 0 Å². The Morgan fingerprint density at radius 1 is 1.50 bits per heavy atom. The standard InChI is InChI=1S/C11H14N4O4S/c12-10-13-2-7-9(14-10)15(11(18)20-7)8-1-5(3-16)6(4-17)19-8/h2,5-6,8,16-17H,1,3-4H2,(H2,12,13,14)/t5-,6-,8?/m1/s1. The van der Waals surface area contributed by atoms with Crippen molar-refractivity contribution in [3.8, 4) is 0 Å². The number of hydrogen-bond donors (Lipinski definition) is 3. The SMILES string of the molecule is Nc1ncc2sc(=O)n(C3C[C@H](CO)[C@@H](CO)O3)c2n1. The summed E-state index contributed by atoms with van der Waals surface area (Å²) in [7, 11) is 0. The van der Waals surface area contributed by atoms with Gasteiger partial charge in [-0.1, -0.05) is 11.3 Å². The molecule has 0 radical (unpaired) electrons. The molecule has 1 fully saturated rings. The highest BCUT2D eigenvalue weighted by atomic mass is 32.1. The Morgan fingerprint density at radius 2 is 2.30 bits per heavy atom. The Labute approximate surface area is 117 Å². The van der Waals surface area contributed by atoms with Gasteiger partial charge in [-0.3, -0.25) is 9.36 Å². The number of rotatable bonds is 3. The largest absolute Gasteiger partial charge is 0.396 e. The predicted octanol–water partition coefficient (Wildman–Crippen LogP) is -0.677. The summed E-state index contributed by atoms with van der Waals surface area (Å²) in [4.78, 5) is 19.8. The van der Waals surface area contributed by atoms with Crippen molar-refractivity contribution in [2.45, 2.75) is 18.8 Å². The number of nitrogen functional groups attached to an aromatic ring is 1. The van der Waals surface area contributed by atoms with Crippen molar-refractivity contribution < 1.29 is 14.9 Å². The van der Waals surface area contributed by atoms with Gasteiger partial charge in [0, 0.05) is 18.9 Å². The molecule has 3 rings (SSSR count). The first-order valence-electron chi connectivity index (χ1n) is 6.14. The maximum Gasteiger partial charge on any atom is 0.311 e. The lowest BCUT2D eigenvalue weighted by Crippen LogP contribution is -2.23. The molecule has 0 bridgehead atoms. The predicted molar refractivity (Wildman–Crippen MR) is 72.3 cm³/mol. The summed E-state index contributed by atoms with van der Waals surface area (Å²) < 4.78 is 7.68. The van der Waals surface area contributed by atoms with Gasteiger partial charge in [0.2, 0.25) is 5.95 Å². The molecule has 1 saturated heterocycles. The molecule has 1 aliphatic rings. The summed E-state index contributed by atoms with van der Waals surface area (Å²) in [5, 5.41) is 18.5. The van der Waals surface area contributed by atoms with Crippen LogP contribution in [0, 0.1) is 5.92 Å². The van der Waals surface area contributed by atoms with E-state index in [2.05, 4.69) is 9.97 Å². The van der Waals surface area contributed by atoms with Gasteiger partial charge in [-0.05, 0) is 0 Å². The minimum absolute atomic E-state index is 0.0828. The third-order valence-electron chi connectivity index (χ3n) is 3.44.